The lowest BCUT2D eigenvalue weighted by molar-refractivity contribution is 0.0964. The molecule has 0 unspecified atom stereocenters. The molecule has 1 aliphatic carbocycles. The van der Waals surface area contributed by atoms with Crippen molar-refractivity contribution in [2.75, 3.05) is 36.2 Å². The van der Waals surface area contributed by atoms with E-state index in [1.165, 1.54) is 35.6 Å². The lowest BCUT2D eigenvalue weighted by atomic mass is 10.0. The van der Waals surface area contributed by atoms with Gasteiger partial charge in [0.2, 0.25) is 10.0 Å². The largest absolute Gasteiger partial charge is 0.457 e. The molecule has 12 heteroatoms. The molecule has 1 saturated carbocycles. The molecule has 9 nitrogen and oxygen atoms in total. The van der Waals surface area contributed by atoms with Crippen molar-refractivity contribution in [2.45, 2.75) is 25.2 Å². The lowest BCUT2D eigenvalue weighted by Crippen LogP contribution is -2.32. The molecule has 3 aromatic carbocycles. The number of fused-ring (bicyclic) bond motifs is 1. The third-order valence-electron chi connectivity index (χ3n) is 7.02. The smallest absolute Gasteiger partial charge is 0.255 e. The topological polar surface area (TPSA) is 123 Å². The molecule has 0 atom stereocenters. The molecule has 0 saturated heterocycles. The summed E-state index contributed by atoms with van der Waals surface area (Å²) in [5, 5.41) is 3.22. The standard InChI is InChI=1S/C30H31FN2O7S2/c1-32-30(34)28-25-17-24(19-5-6-19)26(33(42(3,37)38)15-4-16-41(2,35)36)18-27(25)40-29(28)20-7-11-22(12-8-20)39-23-13-9-21(31)10-14-23/h7-14,17-19H,4-6,15-16H2,1-3H3,(H,32,34). The number of anilines is 1. The highest BCUT2D eigenvalue weighted by atomic mass is 32.2. The molecule has 222 valence electrons. The second kappa shape index (κ2) is 11.4. The van der Waals surface area contributed by atoms with E-state index in [1.54, 1.807) is 30.3 Å². The maximum atomic E-state index is 13.2. The molecule has 42 heavy (non-hydrogen) atoms. The van der Waals surface area contributed by atoms with E-state index in [0.717, 1.165) is 30.9 Å². The zero-order valence-corrected chi connectivity index (χ0v) is 25.0. The van der Waals surface area contributed by atoms with Crippen LogP contribution in [0, 0.1) is 5.82 Å². The van der Waals surface area contributed by atoms with Crippen molar-refractivity contribution in [3.05, 3.63) is 77.6 Å². The van der Waals surface area contributed by atoms with E-state index < -0.39 is 19.9 Å². The highest BCUT2D eigenvalue weighted by Gasteiger charge is 2.33. The van der Waals surface area contributed by atoms with Crippen LogP contribution in [0.5, 0.6) is 11.5 Å². The van der Waals surface area contributed by atoms with Crippen LogP contribution in [0.1, 0.15) is 41.1 Å². The third-order valence-corrected chi connectivity index (χ3v) is 9.23. The van der Waals surface area contributed by atoms with Crippen LogP contribution in [-0.2, 0) is 19.9 Å². The van der Waals surface area contributed by atoms with Crippen molar-refractivity contribution in [1.29, 1.82) is 0 Å². The van der Waals surface area contributed by atoms with Gasteiger partial charge in [0.05, 0.1) is 23.3 Å². The van der Waals surface area contributed by atoms with E-state index in [0.29, 0.717) is 45.0 Å². The zero-order chi connectivity index (χ0) is 30.2. The van der Waals surface area contributed by atoms with Crippen molar-refractivity contribution in [3.8, 4) is 22.8 Å². The Labute approximate surface area is 244 Å². The van der Waals surface area contributed by atoms with Crippen LogP contribution in [0.4, 0.5) is 10.1 Å². The molecule has 5 rings (SSSR count). The first-order valence-electron chi connectivity index (χ1n) is 13.4. The fourth-order valence-electron chi connectivity index (χ4n) is 4.89. The highest BCUT2D eigenvalue weighted by molar-refractivity contribution is 7.92. The minimum Gasteiger partial charge on any atom is -0.457 e. The van der Waals surface area contributed by atoms with Crippen LogP contribution >= 0.6 is 0 Å². The number of furan rings is 1. The van der Waals surface area contributed by atoms with E-state index in [2.05, 4.69) is 5.32 Å². The molecule has 0 radical (unpaired) electrons. The lowest BCUT2D eigenvalue weighted by Gasteiger charge is -2.25. The number of carbonyl (C=O) groups is 1. The van der Waals surface area contributed by atoms with Gasteiger partial charge in [0.25, 0.3) is 5.91 Å². The number of sulfone groups is 1. The van der Waals surface area contributed by atoms with Gasteiger partial charge in [-0.15, -0.1) is 0 Å². The van der Waals surface area contributed by atoms with Crippen LogP contribution in [0.3, 0.4) is 0 Å². The molecule has 1 aromatic heterocycles. The monoisotopic (exact) mass is 614 g/mol. The number of ether oxygens (including phenoxy) is 1. The minimum absolute atomic E-state index is 0.0114. The van der Waals surface area contributed by atoms with Gasteiger partial charge in [0, 0.05) is 36.9 Å². The summed E-state index contributed by atoms with van der Waals surface area (Å²) in [6, 6.07) is 16.0. The number of hydrogen-bond acceptors (Lipinski definition) is 7. The van der Waals surface area contributed by atoms with Gasteiger partial charge in [0.1, 0.15) is 38.5 Å². The summed E-state index contributed by atoms with van der Waals surface area (Å²) >= 11 is 0. The summed E-state index contributed by atoms with van der Waals surface area (Å²) < 4.78 is 75.7. The Morgan fingerprint density at radius 1 is 1.00 bits per heavy atom. The molecule has 1 aliphatic rings. The Bertz CT molecular complexity index is 1850. The Morgan fingerprint density at radius 2 is 1.62 bits per heavy atom. The molecule has 1 N–H and O–H groups in total. The quantitative estimate of drug-likeness (QED) is 0.238. The SMILES string of the molecule is CNC(=O)c1c(-c2ccc(Oc3ccc(F)cc3)cc2)oc2cc(N(CCCS(C)(=O)=O)S(C)(=O)=O)c(C3CC3)cc12. The first kappa shape index (κ1) is 29.6. The Balaban J connectivity index is 1.58. The summed E-state index contributed by atoms with van der Waals surface area (Å²) in [6.07, 6.45) is 4.08. The second-order valence-electron chi connectivity index (χ2n) is 10.5. The van der Waals surface area contributed by atoms with Gasteiger partial charge in [-0.1, -0.05) is 0 Å². The number of amides is 1. The van der Waals surface area contributed by atoms with Crippen molar-refractivity contribution in [1.82, 2.24) is 5.32 Å². The van der Waals surface area contributed by atoms with E-state index >= 15 is 0 Å². The number of hydrogen-bond donors (Lipinski definition) is 1. The molecule has 1 amide bonds. The van der Waals surface area contributed by atoms with Gasteiger partial charge in [-0.3, -0.25) is 9.10 Å². The van der Waals surface area contributed by atoms with Crippen molar-refractivity contribution in [2.24, 2.45) is 0 Å². The number of rotatable bonds is 11. The van der Waals surface area contributed by atoms with Gasteiger partial charge in [-0.05, 0) is 85.3 Å². The predicted octanol–water partition coefficient (Wildman–Crippen LogP) is 5.47. The molecular formula is C30H31FN2O7S2. The van der Waals surface area contributed by atoms with E-state index in [1.807, 2.05) is 6.07 Å². The first-order valence-corrected chi connectivity index (χ1v) is 17.3. The minimum atomic E-state index is -3.76. The molecule has 0 spiro atoms. The number of nitrogens with one attached hydrogen (secondary N) is 1. The zero-order valence-electron chi connectivity index (χ0n) is 23.4. The molecule has 4 aromatic rings. The van der Waals surface area contributed by atoms with Gasteiger partial charge < -0.3 is 14.5 Å². The normalized spacial score (nSPS) is 13.7. The average Bonchev–Trinajstić information content (AvgIpc) is 3.71. The summed E-state index contributed by atoms with van der Waals surface area (Å²) in [6.45, 7) is -0.0114. The molecular weight excluding hydrogens is 583 g/mol. The van der Waals surface area contributed by atoms with Crippen LogP contribution in [-0.4, -0.2) is 54.6 Å². The number of halogens is 1. The second-order valence-corrected chi connectivity index (χ2v) is 14.6. The Morgan fingerprint density at radius 3 is 2.17 bits per heavy atom. The number of nitrogens with zero attached hydrogens (tertiary/aromatic N) is 1. The van der Waals surface area contributed by atoms with Crippen molar-refractivity contribution in [3.63, 3.8) is 0 Å². The fraction of sp³-hybridized carbons (Fsp3) is 0.300. The van der Waals surface area contributed by atoms with Crippen LogP contribution < -0.4 is 14.4 Å². The van der Waals surface area contributed by atoms with E-state index in [4.69, 9.17) is 9.15 Å². The maximum Gasteiger partial charge on any atom is 0.255 e. The summed E-state index contributed by atoms with van der Waals surface area (Å²) in [7, 11) is -5.51. The van der Waals surface area contributed by atoms with E-state index in [9.17, 15) is 26.0 Å². The molecule has 0 aliphatic heterocycles. The van der Waals surface area contributed by atoms with Crippen molar-refractivity contribution < 1.29 is 35.2 Å². The fourth-order valence-corrected chi connectivity index (χ4v) is 6.52. The Hall–Kier alpha value is -3.90. The third kappa shape index (κ3) is 6.60. The maximum absolute atomic E-state index is 13.2. The van der Waals surface area contributed by atoms with Gasteiger partial charge in [-0.2, -0.15) is 0 Å². The van der Waals surface area contributed by atoms with Gasteiger partial charge >= 0.3 is 0 Å². The Kier molecular flexibility index (Phi) is 8.04. The molecule has 1 fully saturated rings. The molecule has 1 heterocycles. The van der Waals surface area contributed by atoms with E-state index in [-0.39, 0.29) is 36.4 Å². The van der Waals surface area contributed by atoms with Gasteiger partial charge in [-0.25, -0.2) is 21.2 Å². The summed E-state index contributed by atoms with van der Waals surface area (Å²) in [4.78, 5) is 13.1. The number of carbonyl (C=O) groups excluding carboxylic acids is 1. The van der Waals surface area contributed by atoms with Crippen LogP contribution in [0.15, 0.2) is 65.1 Å². The number of sulfonamides is 1. The summed E-state index contributed by atoms with van der Waals surface area (Å²) in [5.41, 5.74) is 2.43. The summed E-state index contributed by atoms with van der Waals surface area (Å²) in [5.74, 6) is 0.503. The first-order chi connectivity index (χ1) is 19.8. The highest BCUT2D eigenvalue weighted by Crippen LogP contribution is 2.48. The number of benzene rings is 3. The average molecular weight is 615 g/mol. The van der Waals surface area contributed by atoms with Gasteiger partial charge in [0.15, 0.2) is 0 Å². The van der Waals surface area contributed by atoms with Crippen LogP contribution in [0.25, 0.3) is 22.3 Å². The molecule has 0 bridgehead atoms. The van der Waals surface area contributed by atoms with Crippen LogP contribution in [0.2, 0.25) is 0 Å². The predicted molar refractivity (Wildman–Crippen MR) is 160 cm³/mol. The van der Waals surface area contributed by atoms with Crippen molar-refractivity contribution >= 4 is 42.4 Å².